The number of hydrogen-bond donors (Lipinski definition) is 0. The third-order valence-corrected chi connectivity index (χ3v) is 2.52. The molecule has 1 aliphatic rings. The van der Waals surface area contributed by atoms with E-state index in [-0.39, 0.29) is 30.2 Å². The van der Waals surface area contributed by atoms with Gasteiger partial charge in [0.1, 0.15) is 11.7 Å². The van der Waals surface area contributed by atoms with E-state index in [1.165, 1.54) is 0 Å². The van der Waals surface area contributed by atoms with Crippen molar-refractivity contribution >= 4 is 17.3 Å². The monoisotopic (exact) mass is 202 g/mol. The lowest BCUT2D eigenvalue weighted by molar-refractivity contribution is -0.138. The molecular formula is C12H10O3. The van der Waals surface area contributed by atoms with Crippen molar-refractivity contribution in [1.29, 1.82) is 0 Å². The summed E-state index contributed by atoms with van der Waals surface area (Å²) in [7, 11) is 0. The largest absolute Gasteiger partial charge is 0.299 e. The molecule has 2 rings (SSSR count). The normalized spacial score (nSPS) is 18.3. The van der Waals surface area contributed by atoms with Crippen LogP contribution in [-0.4, -0.2) is 17.3 Å². The average molecular weight is 202 g/mol. The summed E-state index contributed by atoms with van der Waals surface area (Å²) in [5, 5.41) is 0. The van der Waals surface area contributed by atoms with Gasteiger partial charge in [0, 0.05) is 0 Å². The molecule has 0 aliphatic heterocycles. The van der Waals surface area contributed by atoms with Gasteiger partial charge >= 0.3 is 0 Å². The van der Waals surface area contributed by atoms with E-state index in [0.29, 0.717) is 5.56 Å². The number of ketones is 3. The maximum Gasteiger partial charge on any atom is 0.155 e. The second-order valence-corrected chi connectivity index (χ2v) is 3.67. The molecule has 1 fully saturated rings. The Hall–Kier alpha value is -1.77. The average Bonchev–Trinajstić information content (AvgIpc) is 2.17. The number of hydrogen-bond acceptors (Lipinski definition) is 3. The molecule has 0 heterocycles. The fraction of sp³-hybridized carbons (Fsp3) is 0.250. The molecule has 1 aliphatic carbocycles. The van der Waals surface area contributed by atoms with Gasteiger partial charge in [-0.1, -0.05) is 30.3 Å². The first kappa shape index (κ1) is 9.77. The lowest BCUT2D eigenvalue weighted by atomic mass is 9.81. The van der Waals surface area contributed by atoms with Crippen LogP contribution < -0.4 is 0 Å². The minimum Gasteiger partial charge on any atom is -0.299 e. The first-order valence-electron chi connectivity index (χ1n) is 4.80. The highest BCUT2D eigenvalue weighted by Crippen LogP contribution is 2.25. The van der Waals surface area contributed by atoms with Crippen molar-refractivity contribution in [3.8, 4) is 0 Å². The lowest BCUT2D eigenvalue weighted by Crippen LogP contribution is -2.31. The van der Waals surface area contributed by atoms with E-state index in [1.807, 2.05) is 6.07 Å². The SMILES string of the molecule is O=C1CC(=O)C(c2ccccc2)C(=O)C1. The molecule has 0 radical (unpaired) electrons. The molecule has 3 nitrogen and oxygen atoms in total. The lowest BCUT2D eigenvalue weighted by Gasteiger charge is -2.18. The van der Waals surface area contributed by atoms with E-state index < -0.39 is 5.92 Å². The quantitative estimate of drug-likeness (QED) is 0.644. The molecule has 0 amide bonds. The van der Waals surface area contributed by atoms with E-state index in [4.69, 9.17) is 0 Å². The highest BCUT2D eigenvalue weighted by atomic mass is 16.2. The van der Waals surface area contributed by atoms with Crippen LogP contribution in [0.5, 0.6) is 0 Å². The zero-order valence-corrected chi connectivity index (χ0v) is 8.10. The summed E-state index contributed by atoms with van der Waals surface area (Å²) >= 11 is 0. The third-order valence-electron chi connectivity index (χ3n) is 2.52. The number of carbonyl (C=O) groups is 3. The molecule has 0 bridgehead atoms. The molecule has 1 aromatic rings. The Kier molecular flexibility index (Phi) is 2.46. The summed E-state index contributed by atoms with van der Waals surface area (Å²) in [5.74, 6) is -1.54. The molecule has 0 unspecified atom stereocenters. The second kappa shape index (κ2) is 3.77. The minimum atomic E-state index is -0.719. The maximum atomic E-state index is 11.6. The van der Waals surface area contributed by atoms with Crippen molar-refractivity contribution < 1.29 is 14.4 Å². The Balaban J connectivity index is 2.33. The predicted molar refractivity (Wildman–Crippen MR) is 53.4 cm³/mol. The number of rotatable bonds is 1. The summed E-state index contributed by atoms with van der Waals surface area (Å²) in [4.78, 5) is 34.2. The number of carbonyl (C=O) groups excluding carboxylic acids is 3. The van der Waals surface area contributed by atoms with E-state index >= 15 is 0 Å². The number of Topliss-reactive ketones (excluding diaryl/α,β-unsaturated/α-hetero) is 3. The van der Waals surface area contributed by atoms with Crippen LogP contribution >= 0.6 is 0 Å². The van der Waals surface area contributed by atoms with E-state index in [2.05, 4.69) is 0 Å². The van der Waals surface area contributed by atoms with Gasteiger partial charge in [-0.05, 0) is 5.56 Å². The summed E-state index contributed by atoms with van der Waals surface area (Å²) in [5.41, 5.74) is 0.694. The standard InChI is InChI=1S/C12H10O3/c13-9-6-10(14)12(11(15)7-9)8-4-2-1-3-5-8/h1-5,12H,6-7H2. The van der Waals surface area contributed by atoms with Crippen molar-refractivity contribution in [2.24, 2.45) is 0 Å². The van der Waals surface area contributed by atoms with Crippen LogP contribution in [-0.2, 0) is 14.4 Å². The Labute approximate surface area is 87.1 Å². The van der Waals surface area contributed by atoms with Gasteiger partial charge in [0.2, 0.25) is 0 Å². The van der Waals surface area contributed by atoms with Gasteiger partial charge < -0.3 is 0 Å². The van der Waals surface area contributed by atoms with Crippen LogP contribution in [0.3, 0.4) is 0 Å². The first-order valence-corrected chi connectivity index (χ1v) is 4.80. The van der Waals surface area contributed by atoms with Crippen molar-refractivity contribution in [1.82, 2.24) is 0 Å². The summed E-state index contributed by atoms with van der Waals surface area (Å²) in [6.45, 7) is 0. The van der Waals surface area contributed by atoms with Gasteiger partial charge in [-0.2, -0.15) is 0 Å². The highest BCUT2D eigenvalue weighted by Gasteiger charge is 2.35. The van der Waals surface area contributed by atoms with Crippen LogP contribution in [0.2, 0.25) is 0 Å². The minimum absolute atomic E-state index is 0.106. The second-order valence-electron chi connectivity index (χ2n) is 3.67. The molecule has 0 spiro atoms. The van der Waals surface area contributed by atoms with Crippen molar-refractivity contribution in [2.75, 3.05) is 0 Å². The van der Waals surface area contributed by atoms with Crippen LogP contribution in [0, 0.1) is 0 Å². The fourth-order valence-electron chi connectivity index (χ4n) is 1.85. The van der Waals surface area contributed by atoms with Gasteiger partial charge in [0.25, 0.3) is 0 Å². The van der Waals surface area contributed by atoms with E-state index in [1.54, 1.807) is 24.3 Å². The van der Waals surface area contributed by atoms with Gasteiger partial charge in [0.05, 0.1) is 12.8 Å². The van der Waals surface area contributed by atoms with Gasteiger partial charge in [-0.15, -0.1) is 0 Å². The van der Waals surface area contributed by atoms with Crippen molar-refractivity contribution in [2.45, 2.75) is 18.8 Å². The Morgan fingerprint density at radius 3 is 1.93 bits per heavy atom. The molecule has 3 heteroatoms. The third kappa shape index (κ3) is 1.86. The molecule has 1 saturated carbocycles. The van der Waals surface area contributed by atoms with Gasteiger partial charge in [0.15, 0.2) is 11.6 Å². The van der Waals surface area contributed by atoms with Crippen LogP contribution in [0.25, 0.3) is 0 Å². The molecule has 15 heavy (non-hydrogen) atoms. The Morgan fingerprint density at radius 2 is 1.40 bits per heavy atom. The molecule has 0 atom stereocenters. The maximum absolute atomic E-state index is 11.6. The molecular weight excluding hydrogens is 192 g/mol. The Morgan fingerprint density at radius 1 is 0.867 bits per heavy atom. The topological polar surface area (TPSA) is 51.2 Å². The fourth-order valence-corrected chi connectivity index (χ4v) is 1.85. The molecule has 0 aromatic heterocycles. The zero-order chi connectivity index (χ0) is 10.8. The van der Waals surface area contributed by atoms with Crippen molar-refractivity contribution in [3.05, 3.63) is 35.9 Å². The smallest absolute Gasteiger partial charge is 0.155 e. The molecule has 1 aromatic carbocycles. The molecule has 0 N–H and O–H groups in total. The molecule has 76 valence electrons. The summed E-state index contributed by atoms with van der Waals surface area (Å²) < 4.78 is 0. The Bertz CT molecular complexity index is 400. The highest BCUT2D eigenvalue weighted by molar-refractivity contribution is 6.23. The summed E-state index contributed by atoms with van der Waals surface area (Å²) in [6, 6.07) is 8.89. The van der Waals surface area contributed by atoms with Gasteiger partial charge in [-0.3, -0.25) is 14.4 Å². The van der Waals surface area contributed by atoms with Crippen molar-refractivity contribution in [3.63, 3.8) is 0 Å². The summed E-state index contributed by atoms with van der Waals surface area (Å²) in [6.07, 6.45) is -0.212. The number of benzene rings is 1. The van der Waals surface area contributed by atoms with E-state index in [0.717, 1.165) is 0 Å². The molecule has 0 saturated heterocycles. The predicted octanol–water partition coefficient (Wildman–Crippen LogP) is 1.27. The van der Waals surface area contributed by atoms with Crippen LogP contribution in [0.15, 0.2) is 30.3 Å². The van der Waals surface area contributed by atoms with E-state index in [9.17, 15) is 14.4 Å². The van der Waals surface area contributed by atoms with Crippen LogP contribution in [0.1, 0.15) is 24.3 Å². The van der Waals surface area contributed by atoms with Crippen LogP contribution in [0.4, 0.5) is 0 Å². The van der Waals surface area contributed by atoms with Gasteiger partial charge in [-0.25, -0.2) is 0 Å². The zero-order valence-electron chi connectivity index (χ0n) is 8.10. The first-order chi connectivity index (χ1) is 7.18.